The molecule has 2 aromatic heterocycles. The van der Waals surface area contributed by atoms with Gasteiger partial charge >= 0.3 is 0 Å². The fourth-order valence-electron chi connectivity index (χ4n) is 4.99. The van der Waals surface area contributed by atoms with Crippen LogP contribution >= 0.6 is 0 Å². The van der Waals surface area contributed by atoms with Gasteiger partial charge in [-0.1, -0.05) is 26.0 Å². The van der Waals surface area contributed by atoms with E-state index in [4.69, 9.17) is 9.47 Å². The molecule has 2 aliphatic rings. The van der Waals surface area contributed by atoms with Gasteiger partial charge in [0.15, 0.2) is 0 Å². The highest BCUT2D eigenvalue weighted by molar-refractivity contribution is 7.89. The maximum atomic E-state index is 14.1. The molecule has 1 saturated heterocycles. The zero-order valence-electron chi connectivity index (χ0n) is 20.7. The second kappa shape index (κ2) is 9.16. The van der Waals surface area contributed by atoms with Crippen LogP contribution in [0.3, 0.4) is 0 Å². The summed E-state index contributed by atoms with van der Waals surface area (Å²) in [6.07, 6.45) is 2.50. The maximum Gasteiger partial charge on any atom is 0.245 e. The number of nitrogens with zero attached hydrogens (tertiary/aromatic N) is 4. The van der Waals surface area contributed by atoms with Crippen LogP contribution in [0.5, 0.6) is 0 Å². The number of para-hydroxylation sites is 1. The molecule has 9 nitrogen and oxygen atoms in total. The van der Waals surface area contributed by atoms with Crippen molar-refractivity contribution in [3.8, 4) is 0 Å². The van der Waals surface area contributed by atoms with Crippen molar-refractivity contribution in [3.05, 3.63) is 47.4 Å². The van der Waals surface area contributed by atoms with E-state index < -0.39 is 10.0 Å². The lowest BCUT2D eigenvalue weighted by molar-refractivity contribution is -0.0818. The van der Waals surface area contributed by atoms with Crippen molar-refractivity contribution in [2.75, 3.05) is 38.2 Å². The van der Waals surface area contributed by atoms with Gasteiger partial charge in [0.25, 0.3) is 0 Å². The van der Waals surface area contributed by atoms with Crippen LogP contribution in [-0.4, -0.2) is 66.5 Å². The van der Waals surface area contributed by atoms with Crippen LogP contribution in [0.2, 0.25) is 0 Å². The van der Waals surface area contributed by atoms with E-state index in [2.05, 4.69) is 29.2 Å². The summed E-state index contributed by atoms with van der Waals surface area (Å²) in [5.41, 5.74) is 3.85. The predicted octanol–water partition coefficient (Wildman–Crippen LogP) is 2.88. The van der Waals surface area contributed by atoms with Crippen molar-refractivity contribution in [1.82, 2.24) is 19.1 Å². The fourth-order valence-corrected chi connectivity index (χ4v) is 6.75. The fraction of sp³-hybridized carbons (Fsp3) is 0.520. The maximum absolute atomic E-state index is 14.1. The SMILES string of the molecule is Cc1cc(NC[C@H]2COCCO2)c2cccc(S(=O)(=O)N3Cc4cnn(C)c4CC(C)(C)C3)c2n1. The molecule has 2 aliphatic heterocycles. The largest absolute Gasteiger partial charge is 0.382 e. The van der Waals surface area contributed by atoms with Gasteiger partial charge < -0.3 is 14.8 Å². The number of fused-ring (bicyclic) bond motifs is 2. The van der Waals surface area contributed by atoms with Gasteiger partial charge in [0.05, 0.1) is 37.6 Å². The van der Waals surface area contributed by atoms with Crippen molar-refractivity contribution in [2.45, 2.75) is 44.7 Å². The number of rotatable bonds is 5. The molecule has 4 heterocycles. The molecular weight excluding hydrogens is 466 g/mol. The monoisotopic (exact) mass is 499 g/mol. The van der Waals surface area contributed by atoms with E-state index in [-0.39, 0.29) is 16.4 Å². The first-order chi connectivity index (χ1) is 16.6. The second-order valence-electron chi connectivity index (χ2n) is 10.3. The first-order valence-electron chi connectivity index (χ1n) is 12.0. The zero-order valence-corrected chi connectivity index (χ0v) is 21.6. The first-order valence-corrected chi connectivity index (χ1v) is 13.4. The molecule has 0 radical (unpaired) electrons. The Labute approximate surface area is 206 Å². The number of aromatic nitrogens is 3. The first kappa shape index (κ1) is 24.2. The van der Waals surface area contributed by atoms with Crippen LogP contribution < -0.4 is 5.32 Å². The topological polar surface area (TPSA) is 98.6 Å². The molecule has 0 bridgehead atoms. The van der Waals surface area contributed by atoms with E-state index in [9.17, 15) is 8.42 Å². The Hall–Kier alpha value is -2.53. The summed E-state index contributed by atoms with van der Waals surface area (Å²) in [5.74, 6) is 0. The van der Waals surface area contributed by atoms with E-state index in [1.807, 2.05) is 30.8 Å². The highest BCUT2D eigenvalue weighted by Gasteiger charge is 2.37. The van der Waals surface area contributed by atoms with Gasteiger partial charge in [0.2, 0.25) is 10.0 Å². The third-order valence-electron chi connectivity index (χ3n) is 6.70. The van der Waals surface area contributed by atoms with Gasteiger partial charge in [-0.3, -0.25) is 9.67 Å². The molecule has 1 N–H and O–H groups in total. The smallest absolute Gasteiger partial charge is 0.245 e. The molecule has 3 aromatic rings. The van der Waals surface area contributed by atoms with Crippen molar-refractivity contribution < 1.29 is 17.9 Å². The normalized spacial score (nSPS) is 21.0. The lowest BCUT2D eigenvalue weighted by Crippen LogP contribution is -2.37. The molecule has 1 aromatic carbocycles. The van der Waals surface area contributed by atoms with Crippen LogP contribution in [0.15, 0.2) is 35.4 Å². The number of ether oxygens (including phenoxy) is 2. The Balaban J connectivity index is 1.53. The molecule has 0 unspecified atom stereocenters. The van der Waals surface area contributed by atoms with Crippen LogP contribution in [0, 0.1) is 12.3 Å². The van der Waals surface area contributed by atoms with Crippen molar-refractivity contribution in [2.24, 2.45) is 12.5 Å². The third kappa shape index (κ3) is 4.80. The van der Waals surface area contributed by atoms with Gasteiger partial charge in [0.1, 0.15) is 4.90 Å². The Bertz CT molecular complexity index is 1350. The zero-order chi connectivity index (χ0) is 24.8. The van der Waals surface area contributed by atoms with Crippen LogP contribution in [0.1, 0.15) is 30.8 Å². The van der Waals surface area contributed by atoms with E-state index in [1.165, 1.54) is 0 Å². The Kier molecular flexibility index (Phi) is 6.33. The quantitative estimate of drug-likeness (QED) is 0.576. The third-order valence-corrected chi connectivity index (χ3v) is 8.52. The van der Waals surface area contributed by atoms with Crippen LogP contribution in [0.25, 0.3) is 10.9 Å². The van der Waals surface area contributed by atoms with Gasteiger partial charge in [-0.25, -0.2) is 8.42 Å². The lowest BCUT2D eigenvalue weighted by atomic mass is 9.88. The predicted molar refractivity (Wildman–Crippen MR) is 134 cm³/mol. The molecule has 1 fully saturated rings. The summed E-state index contributed by atoms with van der Waals surface area (Å²) >= 11 is 0. The molecule has 0 amide bonds. The number of nitrogens with one attached hydrogen (secondary N) is 1. The highest BCUT2D eigenvalue weighted by Crippen LogP contribution is 2.35. The Morgan fingerprint density at radius 1 is 1.26 bits per heavy atom. The van der Waals surface area contributed by atoms with E-state index in [0.717, 1.165) is 34.4 Å². The summed E-state index contributed by atoms with van der Waals surface area (Å²) in [4.78, 5) is 4.91. The molecule has 0 saturated carbocycles. The van der Waals surface area contributed by atoms with Crippen molar-refractivity contribution in [1.29, 1.82) is 0 Å². The minimum Gasteiger partial charge on any atom is -0.382 e. The van der Waals surface area contributed by atoms with Crippen molar-refractivity contribution >= 4 is 26.6 Å². The van der Waals surface area contributed by atoms with Crippen molar-refractivity contribution in [3.63, 3.8) is 0 Å². The summed E-state index contributed by atoms with van der Waals surface area (Å²) in [6, 6.07) is 7.30. The lowest BCUT2D eigenvalue weighted by Gasteiger charge is -2.29. The summed E-state index contributed by atoms with van der Waals surface area (Å²) < 4.78 is 42.9. The standard InChI is InChI=1S/C25H33N5O4S/c1-17-10-21(26-13-19-15-33-8-9-34-19)20-6-5-7-23(24(20)28-17)35(31,32)30-14-18-12-27-29(4)22(18)11-25(2,3)16-30/h5-7,10,12,19H,8-9,11,13-16H2,1-4H3,(H,26,28)/t19-/m0/s1. The minimum atomic E-state index is -3.82. The van der Waals surface area contributed by atoms with Crippen LogP contribution in [0.4, 0.5) is 5.69 Å². The summed E-state index contributed by atoms with van der Waals surface area (Å²) in [6.45, 7) is 9.08. The minimum absolute atomic E-state index is 0.0489. The second-order valence-corrected chi connectivity index (χ2v) is 12.2. The van der Waals surface area contributed by atoms with Gasteiger partial charge in [-0.15, -0.1) is 0 Å². The van der Waals surface area contributed by atoms with Gasteiger partial charge in [0, 0.05) is 54.7 Å². The van der Waals surface area contributed by atoms with Gasteiger partial charge in [-0.2, -0.15) is 9.40 Å². The highest BCUT2D eigenvalue weighted by atomic mass is 32.2. The van der Waals surface area contributed by atoms with Crippen LogP contribution in [-0.2, 0) is 39.5 Å². The number of pyridine rings is 1. The molecule has 0 aliphatic carbocycles. The van der Waals surface area contributed by atoms with Gasteiger partial charge in [-0.05, 0) is 30.9 Å². The molecular formula is C25H33N5O4S. The molecule has 35 heavy (non-hydrogen) atoms. The summed E-state index contributed by atoms with van der Waals surface area (Å²) in [5, 5.41) is 8.58. The van der Waals surface area contributed by atoms with E-state index in [1.54, 1.807) is 22.6 Å². The number of anilines is 1. The molecule has 5 rings (SSSR count). The molecule has 1 atom stereocenters. The number of sulfonamides is 1. The average molecular weight is 500 g/mol. The number of hydrogen-bond donors (Lipinski definition) is 1. The molecule has 188 valence electrons. The molecule has 10 heteroatoms. The Morgan fingerprint density at radius 2 is 2.09 bits per heavy atom. The number of benzene rings is 1. The van der Waals surface area contributed by atoms with E-state index in [0.29, 0.717) is 45.0 Å². The summed E-state index contributed by atoms with van der Waals surface area (Å²) in [7, 11) is -1.91. The number of aryl methyl sites for hydroxylation is 2. The average Bonchev–Trinajstić information content (AvgIpc) is 3.07. The molecule has 0 spiro atoms. The number of hydrogen-bond acceptors (Lipinski definition) is 7. The van der Waals surface area contributed by atoms with E-state index >= 15 is 0 Å². The Morgan fingerprint density at radius 3 is 2.86 bits per heavy atom.